The largest absolute Gasteiger partial charge is 0.416 e. The van der Waals surface area contributed by atoms with Crippen molar-refractivity contribution >= 4 is 17.3 Å². The van der Waals surface area contributed by atoms with Crippen LogP contribution >= 0.6 is 0 Å². The molecule has 3 aromatic rings. The van der Waals surface area contributed by atoms with E-state index in [1.807, 2.05) is 0 Å². The molecule has 2 aromatic carbocycles. The van der Waals surface area contributed by atoms with Gasteiger partial charge in [-0.1, -0.05) is 36.4 Å². The van der Waals surface area contributed by atoms with Crippen molar-refractivity contribution in [2.24, 2.45) is 0 Å². The molecule has 35 heavy (non-hydrogen) atoms. The lowest BCUT2D eigenvalue weighted by Gasteiger charge is -2.12. The van der Waals surface area contributed by atoms with Crippen molar-refractivity contribution in [1.29, 1.82) is 0 Å². The molecule has 0 fully saturated rings. The summed E-state index contributed by atoms with van der Waals surface area (Å²) < 4.78 is 77.5. The summed E-state index contributed by atoms with van der Waals surface area (Å²) in [6.07, 6.45) is -2.70. The smallest absolute Gasteiger partial charge is 0.390 e. The van der Waals surface area contributed by atoms with Gasteiger partial charge in [0.2, 0.25) is 5.91 Å². The maximum absolute atomic E-state index is 12.9. The fourth-order valence-corrected chi connectivity index (χ4v) is 3.01. The number of benzene rings is 2. The third-order valence-electron chi connectivity index (χ3n) is 4.72. The molecule has 3 rings (SSSR count). The summed E-state index contributed by atoms with van der Waals surface area (Å²) in [5.74, 6) is -0.602. The highest BCUT2D eigenvalue weighted by molar-refractivity contribution is 5.99. The van der Waals surface area contributed by atoms with Gasteiger partial charge >= 0.3 is 12.4 Å². The van der Waals surface area contributed by atoms with Gasteiger partial charge in [0.1, 0.15) is 5.69 Å². The van der Waals surface area contributed by atoms with E-state index in [1.54, 1.807) is 0 Å². The van der Waals surface area contributed by atoms with Crippen LogP contribution in [0.3, 0.4) is 0 Å². The van der Waals surface area contributed by atoms with E-state index in [4.69, 9.17) is 0 Å². The van der Waals surface area contributed by atoms with Crippen LogP contribution in [0.5, 0.6) is 0 Å². The molecule has 2 N–H and O–H groups in total. The topological polar surface area (TPSA) is 75.1 Å². The maximum atomic E-state index is 12.9. The van der Waals surface area contributed by atoms with Gasteiger partial charge in [0.15, 0.2) is 5.82 Å². The molecule has 11 heteroatoms. The Bertz CT molecular complexity index is 1170. The molecule has 1 heterocycles. The normalized spacial score (nSPS) is 12.0. The molecule has 1 aromatic heterocycles. The van der Waals surface area contributed by atoms with Crippen molar-refractivity contribution in [2.45, 2.75) is 19.0 Å². The van der Waals surface area contributed by atoms with E-state index >= 15 is 0 Å². The average Bonchev–Trinajstić information content (AvgIpc) is 2.81. The summed E-state index contributed by atoms with van der Waals surface area (Å²) in [4.78, 5) is 20.0. The van der Waals surface area contributed by atoms with E-state index in [9.17, 15) is 36.2 Å². The standard InChI is InChI=1S/C24H17F6N3O2/c25-23(26,27)17-8-4-15(5-9-17)19(16-6-10-18(11-7-16)24(28,29)30)2-1-3-21(35)33-22-20(14-34)31-12-13-32-22/h1-13,34H,14H2,(H,32,33,35). The van der Waals surface area contributed by atoms with Crippen molar-refractivity contribution in [2.75, 3.05) is 5.32 Å². The van der Waals surface area contributed by atoms with Crippen molar-refractivity contribution in [3.8, 4) is 0 Å². The molecule has 0 aliphatic carbocycles. The lowest BCUT2D eigenvalue weighted by Crippen LogP contribution is -2.12. The molecule has 0 saturated heterocycles. The number of allylic oxidation sites excluding steroid dienone is 2. The zero-order valence-electron chi connectivity index (χ0n) is 17.7. The SMILES string of the molecule is O=C(C=CC=C(c1ccc(C(F)(F)F)cc1)c1ccc(C(F)(F)F)cc1)Nc1nccnc1CO. The molecular formula is C24H17F6N3O2. The van der Waals surface area contributed by atoms with Crippen LogP contribution in [0.4, 0.5) is 32.2 Å². The van der Waals surface area contributed by atoms with E-state index < -0.39 is 36.0 Å². The van der Waals surface area contributed by atoms with Gasteiger partial charge in [0.25, 0.3) is 0 Å². The Labute approximate surface area is 195 Å². The monoisotopic (exact) mass is 493 g/mol. The zero-order chi connectivity index (χ0) is 25.6. The van der Waals surface area contributed by atoms with Gasteiger partial charge in [0, 0.05) is 18.5 Å². The number of halogens is 6. The second-order valence-corrected chi connectivity index (χ2v) is 7.09. The van der Waals surface area contributed by atoms with Crippen LogP contribution in [0.1, 0.15) is 27.9 Å². The number of amides is 1. The van der Waals surface area contributed by atoms with Crippen molar-refractivity contribution in [3.05, 3.63) is 107 Å². The molecule has 0 saturated carbocycles. The molecule has 0 aliphatic heterocycles. The van der Waals surface area contributed by atoms with Crippen LogP contribution in [0.15, 0.2) is 79.2 Å². The van der Waals surface area contributed by atoms with Gasteiger partial charge in [-0.05, 0) is 41.0 Å². The number of anilines is 1. The number of rotatable bonds is 6. The summed E-state index contributed by atoms with van der Waals surface area (Å²) in [6, 6.07) is 8.17. The number of aliphatic hydroxyl groups excluding tert-OH is 1. The van der Waals surface area contributed by atoms with Gasteiger partial charge in [0.05, 0.1) is 17.7 Å². The van der Waals surface area contributed by atoms with E-state index in [2.05, 4.69) is 15.3 Å². The minimum atomic E-state index is -4.55. The highest BCUT2D eigenvalue weighted by Gasteiger charge is 2.31. The van der Waals surface area contributed by atoms with E-state index in [1.165, 1.54) is 48.8 Å². The molecule has 0 radical (unpaired) electrons. The van der Waals surface area contributed by atoms with Crippen LogP contribution in [0.2, 0.25) is 0 Å². The first kappa shape index (κ1) is 25.6. The van der Waals surface area contributed by atoms with E-state index in [0.29, 0.717) is 11.1 Å². The lowest BCUT2D eigenvalue weighted by molar-refractivity contribution is -0.138. The van der Waals surface area contributed by atoms with Crippen LogP contribution in [0, 0.1) is 0 Å². The third-order valence-corrected chi connectivity index (χ3v) is 4.72. The molecule has 0 atom stereocenters. The van der Waals surface area contributed by atoms with E-state index in [-0.39, 0.29) is 17.1 Å². The van der Waals surface area contributed by atoms with Crippen LogP contribution in [-0.2, 0) is 23.8 Å². The minimum Gasteiger partial charge on any atom is -0.390 e. The number of aliphatic hydroxyl groups is 1. The fraction of sp³-hybridized carbons (Fsp3) is 0.125. The Balaban J connectivity index is 1.92. The summed E-state index contributed by atoms with van der Waals surface area (Å²) in [6.45, 7) is -0.459. The first-order valence-electron chi connectivity index (χ1n) is 9.94. The Hall–Kier alpha value is -3.99. The number of nitrogens with zero attached hydrogens (tertiary/aromatic N) is 2. The number of carbonyl (C=O) groups excluding carboxylic acids is 1. The molecule has 1 amide bonds. The van der Waals surface area contributed by atoms with Gasteiger partial charge in [-0.25, -0.2) is 4.98 Å². The molecule has 182 valence electrons. The van der Waals surface area contributed by atoms with Gasteiger partial charge in [-0.15, -0.1) is 0 Å². The van der Waals surface area contributed by atoms with Crippen molar-refractivity contribution in [3.63, 3.8) is 0 Å². The highest BCUT2D eigenvalue weighted by Crippen LogP contribution is 2.33. The molecule has 0 bridgehead atoms. The quantitative estimate of drug-likeness (QED) is 0.265. The van der Waals surface area contributed by atoms with Crippen molar-refractivity contribution in [1.82, 2.24) is 9.97 Å². The lowest BCUT2D eigenvalue weighted by atomic mass is 9.95. The molecule has 0 aliphatic rings. The summed E-state index contributed by atoms with van der Waals surface area (Å²) in [5, 5.41) is 11.7. The average molecular weight is 493 g/mol. The van der Waals surface area contributed by atoms with E-state index in [0.717, 1.165) is 30.3 Å². The Morgan fingerprint density at radius 1 is 0.829 bits per heavy atom. The van der Waals surface area contributed by atoms with Crippen LogP contribution in [0.25, 0.3) is 5.57 Å². The number of hydrogen-bond donors (Lipinski definition) is 2. The predicted octanol–water partition coefficient (Wildman–Crippen LogP) is 5.63. The minimum absolute atomic E-state index is 0.0410. The number of alkyl halides is 6. The number of hydrogen-bond acceptors (Lipinski definition) is 4. The van der Waals surface area contributed by atoms with Crippen LogP contribution < -0.4 is 5.32 Å². The molecular weight excluding hydrogens is 476 g/mol. The highest BCUT2D eigenvalue weighted by atomic mass is 19.4. The first-order chi connectivity index (χ1) is 16.5. The Morgan fingerprint density at radius 2 is 1.31 bits per heavy atom. The number of carbonyl (C=O) groups is 1. The Morgan fingerprint density at radius 3 is 1.77 bits per heavy atom. The molecule has 0 unspecified atom stereocenters. The molecule has 0 spiro atoms. The van der Waals surface area contributed by atoms with Gasteiger partial charge in [-0.3, -0.25) is 9.78 Å². The summed E-state index contributed by atoms with van der Waals surface area (Å²) in [5.41, 5.74) is -0.760. The zero-order valence-corrected chi connectivity index (χ0v) is 17.7. The van der Waals surface area contributed by atoms with Crippen molar-refractivity contribution < 1.29 is 36.2 Å². The second-order valence-electron chi connectivity index (χ2n) is 7.09. The number of nitrogens with one attached hydrogen (secondary N) is 1. The van der Waals surface area contributed by atoms with Crippen LogP contribution in [-0.4, -0.2) is 21.0 Å². The Kier molecular flexibility index (Phi) is 7.70. The molecule has 5 nitrogen and oxygen atoms in total. The fourth-order valence-electron chi connectivity index (χ4n) is 3.01. The second kappa shape index (κ2) is 10.5. The maximum Gasteiger partial charge on any atom is 0.416 e. The summed E-state index contributed by atoms with van der Waals surface area (Å²) >= 11 is 0. The first-order valence-corrected chi connectivity index (χ1v) is 9.94. The predicted molar refractivity (Wildman–Crippen MR) is 116 cm³/mol. The number of aromatic nitrogens is 2. The third kappa shape index (κ3) is 6.76. The summed E-state index contributed by atoms with van der Waals surface area (Å²) in [7, 11) is 0. The van der Waals surface area contributed by atoms with Gasteiger partial charge < -0.3 is 10.4 Å². The van der Waals surface area contributed by atoms with Gasteiger partial charge in [-0.2, -0.15) is 26.3 Å².